The van der Waals surface area contributed by atoms with Crippen molar-refractivity contribution in [2.75, 3.05) is 6.61 Å². The van der Waals surface area contributed by atoms with Gasteiger partial charge in [0.25, 0.3) is 6.43 Å². The molecule has 0 amide bonds. The first-order valence-corrected chi connectivity index (χ1v) is 11.3. The van der Waals surface area contributed by atoms with Crippen LogP contribution in [-0.4, -0.2) is 33.8 Å². The van der Waals surface area contributed by atoms with E-state index < -0.39 is 28.8 Å². The summed E-state index contributed by atoms with van der Waals surface area (Å²) < 4.78 is 49.8. The number of phenols is 1. The molecule has 2 aliphatic rings. The molecule has 1 spiro atoms. The lowest BCUT2D eigenvalue weighted by Crippen LogP contribution is -2.50. The minimum atomic E-state index is -2.99. The van der Waals surface area contributed by atoms with E-state index in [-0.39, 0.29) is 43.9 Å². The van der Waals surface area contributed by atoms with Crippen LogP contribution in [0.3, 0.4) is 0 Å². The van der Waals surface area contributed by atoms with E-state index in [4.69, 9.17) is 4.74 Å². The maximum absolute atomic E-state index is 13.9. The number of aromatic hydroxyl groups is 1. The highest BCUT2D eigenvalue weighted by molar-refractivity contribution is 5.94. The first-order chi connectivity index (χ1) is 16.0. The molecule has 180 valence electrons. The van der Waals surface area contributed by atoms with Crippen molar-refractivity contribution in [3.8, 4) is 11.4 Å². The highest BCUT2D eigenvalue weighted by Gasteiger charge is 2.57. The zero-order valence-corrected chi connectivity index (χ0v) is 18.9. The summed E-state index contributed by atoms with van der Waals surface area (Å²) >= 11 is 0. The number of halogens is 3. The third-order valence-electron chi connectivity index (χ3n) is 7.66. The molecule has 0 bridgehead atoms. The number of rotatable bonds is 3. The molecule has 0 radical (unpaired) electrons. The van der Waals surface area contributed by atoms with Gasteiger partial charge in [0.05, 0.1) is 17.7 Å². The molecule has 1 aliphatic heterocycles. The smallest absolute Gasteiger partial charge is 0.315 e. The van der Waals surface area contributed by atoms with Gasteiger partial charge in [0.1, 0.15) is 17.0 Å². The van der Waals surface area contributed by atoms with E-state index in [0.29, 0.717) is 22.2 Å². The van der Waals surface area contributed by atoms with Gasteiger partial charge in [-0.15, -0.1) is 0 Å². The van der Waals surface area contributed by atoms with Crippen molar-refractivity contribution >= 4 is 16.9 Å². The normalized spacial score (nSPS) is 26.2. The number of hydrogen-bond acceptors (Lipinski definition) is 3. The van der Waals surface area contributed by atoms with Crippen LogP contribution in [0.1, 0.15) is 50.8 Å². The molecule has 0 saturated heterocycles. The number of benzene rings is 2. The number of alkyl halides is 2. The molecule has 0 atom stereocenters. The third kappa shape index (κ3) is 3.07. The van der Waals surface area contributed by atoms with Crippen LogP contribution in [0.25, 0.3) is 16.6 Å². The van der Waals surface area contributed by atoms with E-state index in [1.165, 1.54) is 12.1 Å². The zero-order valence-electron chi connectivity index (χ0n) is 18.9. The van der Waals surface area contributed by atoms with Gasteiger partial charge in [-0.3, -0.25) is 4.79 Å². The molecule has 1 aromatic heterocycles. The van der Waals surface area contributed by atoms with Crippen molar-refractivity contribution in [1.82, 2.24) is 4.57 Å². The molecule has 2 aromatic carbocycles. The average molecular weight is 473 g/mol. The number of phenolic OH excluding ortho intramolecular Hbond substituents is 1. The maximum Gasteiger partial charge on any atom is 0.315 e. The van der Waals surface area contributed by atoms with Gasteiger partial charge in [-0.2, -0.15) is 0 Å². The van der Waals surface area contributed by atoms with E-state index >= 15 is 0 Å². The highest BCUT2D eigenvalue weighted by atomic mass is 19.3. The van der Waals surface area contributed by atoms with Gasteiger partial charge in [-0.05, 0) is 62.1 Å². The van der Waals surface area contributed by atoms with Gasteiger partial charge in [-0.1, -0.05) is 19.9 Å². The van der Waals surface area contributed by atoms with Gasteiger partial charge >= 0.3 is 5.97 Å². The Hall–Kier alpha value is -3.00. The first-order valence-electron chi connectivity index (χ1n) is 11.3. The number of ether oxygens (including phenoxy) is 1. The summed E-state index contributed by atoms with van der Waals surface area (Å²) in [7, 11) is 0. The number of nitrogens with zero attached hydrogens (tertiary/aromatic N) is 1. The Morgan fingerprint density at radius 1 is 1.06 bits per heavy atom. The molecule has 1 aliphatic carbocycles. The fourth-order valence-electron chi connectivity index (χ4n) is 5.74. The van der Waals surface area contributed by atoms with Crippen molar-refractivity contribution in [1.29, 1.82) is 0 Å². The van der Waals surface area contributed by atoms with Crippen molar-refractivity contribution < 1.29 is 32.9 Å². The number of carboxylic acid groups (broad SMARTS) is 1. The van der Waals surface area contributed by atoms with Gasteiger partial charge < -0.3 is 19.5 Å². The molecular weight excluding hydrogens is 447 g/mol. The van der Waals surface area contributed by atoms with Crippen LogP contribution in [0, 0.1) is 11.2 Å². The molecule has 5 nitrogen and oxygen atoms in total. The van der Waals surface area contributed by atoms with Crippen LogP contribution in [0.15, 0.2) is 42.5 Å². The number of carbonyl (C=O) groups is 1. The van der Waals surface area contributed by atoms with Crippen LogP contribution in [0.5, 0.6) is 5.75 Å². The molecule has 2 N–H and O–H groups in total. The Morgan fingerprint density at radius 2 is 1.71 bits per heavy atom. The summed E-state index contributed by atoms with van der Waals surface area (Å²) in [5.74, 6) is -1.84. The molecule has 34 heavy (non-hydrogen) atoms. The van der Waals surface area contributed by atoms with Crippen LogP contribution < -0.4 is 0 Å². The summed E-state index contributed by atoms with van der Waals surface area (Å²) in [6.07, 6.45) is -3.30. The quantitative estimate of drug-likeness (QED) is 0.498. The summed E-state index contributed by atoms with van der Waals surface area (Å²) in [5.41, 5.74) is -0.703. The van der Waals surface area contributed by atoms with Crippen molar-refractivity contribution in [3.05, 3.63) is 59.5 Å². The Bertz CT molecular complexity index is 1270. The maximum atomic E-state index is 13.9. The van der Waals surface area contributed by atoms with E-state index in [9.17, 15) is 28.2 Å². The van der Waals surface area contributed by atoms with E-state index in [1.807, 2.05) is 24.5 Å². The Labute approximate surface area is 194 Å². The van der Waals surface area contributed by atoms with E-state index in [2.05, 4.69) is 0 Å². The SMILES string of the molecule is CC1(C)CO[C@]2(CC[C@](C(=O)O)(C(F)F)CC2)c2c1n(-c1ccc(F)cc1)c1cccc(O)c12. The first kappa shape index (κ1) is 22.8. The fourth-order valence-corrected chi connectivity index (χ4v) is 5.74. The standard InChI is InChI=1S/C26H26F3NO4/c1-24(2)14-34-26(12-10-25(11-13-26,22(28)29)23(32)33)20-19-17(4-3-5-18(19)31)30(21(20)24)16-8-6-15(27)7-9-16/h3-9,22,31H,10-14H2,1-2H3,(H,32,33)/t25-,26+. The Balaban J connectivity index is 1.78. The molecule has 1 fully saturated rings. The van der Waals surface area contributed by atoms with Crippen LogP contribution in [-0.2, 0) is 20.5 Å². The van der Waals surface area contributed by atoms with Gasteiger partial charge in [0.2, 0.25) is 0 Å². The molecule has 2 heterocycles. The highest BCUT2D eigenvalue weighted by Crippen LogP contribution is 2.58. The predicted molar refractivity (Wildman–Crippen MR) is 120 cm³/mol. The summed E-state index contributed by atoms with van der Waals surface area (Å²) in [6, 6.07) is 11.2. The number of aliphatic carboxylic acids is 1. The van der Waals surface area contributed by atoms with Gasteiger partial charge in [0, 0.05) is 27.7 Å². The van der Waals surface area contributed by atoms with Gasteiger partial charge in [-0.25, -0.2) is 13.2 Å². The van der Waals surface area contributed by atoms with Crippen LogP contribution in [0.4, 0.5) is 13.2 Å². The second kappa shape index (κ2) is 7.50. The minimum Gasteiger partial charge on any atom is -0.507 e. The fraction of sp³-hybridized carbons (Fsp3) is 0.423. The monoisotopic (exact) mass is 473 g/mol. The minimum absolute atomic E-state index is 0.0271. The topological polar surface area (TPSA) is 71.7 Å². The van der Waals surface area contributed by atoms with E-state index in [1.54, 1.807) is 24.3 Å². The summed E-state index contributed by atoms with van der Waals surface area (Å²) in [6.45, 7) is 4.28. The lowest BCUT2D eigenvalue weighted by atomic mass is 9.64. The molecular formula is C26H26F3NO4. The number of aromatic nitrogens is 1. The summed E-state index contributed by atoms with van der Waals surface area (Å²) in [4.78, 5) is 11.8. The number of hydrogen-bond donors (Lipinski definition) is 2. The van der Waals surface area contributed by atoms with Gasteiger partial charge in [0.15, 0.2) is 0 Å². The number of fused-ring (bicyclic) bond motifs is 4. The zero-order chi connectivity index (χ0) is 24.5. The number of carboxylic acids is 1. The average Bonchev–Trinajstić information content (AvgIpc) is 3.16. The van der Waals surface area contributed by atoms with E-state index in [0.717, 1.165) is 5.69 Å². The van der Waals surface area contributed by atoms with Crippen molar-refractivity contribution in [2.45, 2.75) is 57.0 Å². The molecule has 3 aromatic rings. The second-order valence-corrected chi connectivity index (χ2v) is 10.1. The van der Waals surface area contributed by atoms with Crippen LogP contribution >= 0.6 is 0 Å². The molecule has 5 rings (SSSR count). The van der Waals surface area contributed by atoms with Crippen LogP contribution in [0.2, 0.25) is 0 Å². The lowest BCUT2D eigenvalue weighted by Gasteiger charge is -2.49. The molecule has 1 saturated carbocycles. The Morgan fingerprint density at radius 3 is 2.29 bits per heavy atom. The largest absolute Gasteiger partial charge is 0.507 e. The molecule has 0 unspecified atom stereocenters. The Kier molecular flexibility index (Phi) is 5.02. The summed E-state index contributed by atoms with van der Waals surface area (Å²) in [5, 5.41) is 21.1. The third-order valence-corrected chi connectivity index (χ3v) is 7.66. The van der Waals surface area contributed by atoms with Crippen molar-refractivity contribution in [3.63, 3.8) is 0 Å². The predicted octanol–water partition coefficient (Wildman–Crippen LogP) is 5.89. The second-order valence-electron chi connectivity index (χ2n) is 10.1. The van der Waals surface area contributed by atoms with Crippen molar-refractivity contribution in [2.24, 2.45) is 5.41 Å². The molecule has 8 heteroatoms. The lowest BCUT2D eigenvalue weighted by molar-refractivity contribution is -0.178.